The van der Waals surface area contributed by atoms with Gasteiger partial charge in [0.2, 0.25) is 5.89 Å². The number of rotatable bonds is 3. The van der Waals surface area contributed by atoms with E-state index in [1.165, 1.54) is 24.4 Å². The topological polar surface area (TPSA) is 60.9 Å². The van der Waals surface area contributed by atoms with Crippen molar-refractivity contribution in [3.63, 3.8) is 0 Å². The molecule has 1 aliphatic rings. The number of hydrogen-bond acceptors (Lipinski definition) is 5. The van der Waals surface area contributed by atoms with Crippen LogP contribution in [0.3, 0.4) is 0 Å². The summed E-state index contributed by atoms with van der Waals surface area (Å²) in [6, 6.07) is 7.63. The van der Waals surface area contributed by atoms with E-state index in [1.807, 2.05) is 24.3 Å². The molecule has 0 radical (unpaired) electrons. The fraction of sp³-hybridized carbons (Fsp3) is 0.400. The highest BCUT2D eigenvalue weighted by molar-refractivity contribution is 7.13. The molecule has 108 valence electrons. The molecule has 0 atom stereocenters. The molecule has 2 aromatic heterocycles. The van der Waals surface area contributed by atoms with E-state index in [1.54, 1.807) is 3.96 Å². The summed E-state index contributed by atoms with van der Waals surface area (Å²) in [6.45, 7) is 0.383. The largest absolute Gasteiger partial charge is 0.339 e. The van der Waals surface area contributed by atoms with Crippen molar-refractivity contribution in [1.82, 2.24) is 14.1 Å². The third-order valence-corrected chi connectivity index (χ3v) is 5.09. The first-order chi connectivity index (χ1) is 10.3. The molecule has 3 aromatic rings. The second-order valence-corrected chi connectivity index (χ2v) is 6.52. The molecule has 0 N–H and O–H groups in total. The van der Waals surface area contributed by atoms with Crippen molar-refractivity contribution in [3.8, 4) is 0 Å². The molecule has 0 spiro atoms. The molecular formula is C15H15N3O2S. The Morgan fingerprint density at radius 1 is 1.29 bits per heavy atom. The van der Waals surface area contributed by atoms with Crippen molar-refractivity contribution in [1.29, 1.82) is 0 Å². The minimum Gasteiger partial charge on any atom is -0.339 e. The minimum absolute atomic E-state index is 0.0165. The second kappa shape index (κ2) is 5.11. The average molecular weight is 301 g/mol. The third-order valence-electron chi connectivity index (χ3n) is 4.03. The Morgan fingerprint density at radius 2 is 2.10 bits per heavy atom. The molecule has 6 heteroatoms. The van der Waals surface area contributed by atoms with Crippen LogP contribution in [0.5, 0.6) is 0 Å². The van der Waals surface area contributed by atoms with E-state index in [0.717, 1.165) is 28.8 Å². The fourth-order valence-electron chi connectivity index (χ4n) is 2.92. The lowest BCUT2D eigenvalue weighted by Crippen LogP contribution is -2.14. The fourth-order valence-corrected chi connectivity index (χ4v) is 3.91. The second-order valence-electron chi connectivity index (χ2n) is 5.46. The van der Waals surface area contributed by atoms with Gasteiger partial charge in [0.15, 0.2) is 5.82 Å². The molecule has 1 fully saturated rings. The van der Waals surface area contributed by atoms with E-state index < -0.39 is 0 Å². The molecule has 21 heavy (non-hydrogen) atoms. The molecule has 0 saturated heterocycles. The van der Waals surface area contributed by atoms with E-state index in [4.69, 9.17) is 4.52 Å². The Morgan fingerprint density at radius 3 is 2.90 bits per heavy atom. The van der Waals surface area contributed by atoms with E-state index in [2.05, 4.69) is 10.1 Å². The standard InChI is InChI=1S/C15H15N3O2S/c19-15-11-7-3-4-8-12(11)21-18(15)9-13-16-14(20-17-13)10-5-1-2-6-10/h3-4,7-8,10H,1-2,5-6,9H2. The molecule has 1 saturated carbocycles. The van der Waals surface area contributed by atoms with Crippen LogP contribution in [-0.4, -0.2) is 14.1 Å². The molecule has 0 unspecified atom stereocenters. The van der Waals surface area contributed by atoms with Gasteiger partial charge in [-0.1, -0.05) is 41.7 Å². The van der Waals surface area contributed by atoms with Crippen LogP contribution < -0.4 is 5.56 Å². The third kappa shape index (κ3) is 2.29. The van der Waals surface area contributed by atoms with Crippen LogP contribution in [0.1, 0.15) is 43.3 Å². The Bertz CT molecular complexity index is 827. The number of benzene rings is 1. The molecule has 2 heterocycles. The summed E-state index contributed by atoms with van der Waals surface area (Å²) in [5, 5.41) is 4.78. The Hall–Kier alpha value is -1.95. The van der Waals surface area contributed by atoms with Gasteiger partial charge in [-0.25, -0.2) is 0 Å². The summed E-state index contributed by atoms with van der Waals surface area (Å²) < 4.78 is 8.04. The van der Waals surface area contributed by atoms with Crippen LogP contribution >= 0.6 is 11.5 Å². The summed E-state index contributed by atoms with van der Waals surface area (Å²) in [5.74, 6) is 1.73. The van der Waals surface area contributed by atoms with Gasteiger partial charge in [-0.2, -0.15) is 4.98 Å². The lowest BCUT2D eigenvalue weighted by Gasteiger charge is -1.99. The number of hydrogen-bond donors (Lipinski definition) is 0. The van der Waals surface area contributed by atoms with Crippen molar-refractivity contribution in [2.75, 3.05) is 0 Å². The summed E-state index contributed by atoms with van der Waals surface area (Å²) in [6.07, 6.45) is 4.73. The Kier molecular flexibility index (Phi) is 3.11. The zero-order valence-corrected chi connectivity index (χ0v) is 12.3. The summed E-state index contributed by atoms with van der Waals surface area (Å²) in [4.78, 5) is 16.8. The SMILES string of the molecule is O=c1c2ccccc2sn1Cc1noc(C2CCCC2)n1. The first-order valence-electron chi connectivity index (χ1n) is 7.22. The summed E-state index contributed by atoms with van der Waals surface area (Å²) in [5.41, 5.74) is 0.0165. The van der Waals surface area contributed by atoms with Crippen molar-refractivity contribution in [2.45, 2.75) is 38.1 Å². The molecule has 4 rings (SSSR count). The van der Waals surface area contributed by atoms with Crippen LogP contribution in [0.15, 0.2) is 33.6 Å². The normalized spacial score (nSPS) is 16.0. The average Bonchev–Trinajstić information content (AvgIpc) is 3.21. The van der Waals surface area contributed by atoms with Crippen molar-refractivity contribution >= 4 is 21.6 Å². The molecule has 0 bridgehead atoms. The van der Waals surface area contributed by atoms with Crippen LogP contribution in [0.2, 0.25) is 0 Å². The van der Waals surface area contributed by atoms with E-state index in [9.17, 15) is 4.79 Å². The van der Waals surface area contributed by atoms with Crippen molar-refractivity contribution < 1.29 is 4.52 Å². The summed E-state index contributed by atoms with van der Waals surface area (Å²) in [7, 11) is 0. The van der Waals surface area contributed by atoms with Crippen LogP contribution in [-0.2, 0) is 6.54 Å². The van der Waals surface area contributed by atoms with E-state index in [0.29, 0.717) is 18.3 Å². The van der Waals surface area contributed by atoms with Gasteiger partial charge in [-0.05, 0) is 25.0 Å². The Balaban J connectivity index is 1.62. The predicted octanol–water partition coefficient (Wildman–Crippen LogP) is 3.15. The zero-order chi connectivity index (χ0) is 14.2. The number of nitrogens with zero attached hydrogens (tertiary/aromatic N) is 3. The molecular weight excluding hydrogens is 286 g/mol. The highest BCUT2D eigenvalue weighted by Gasteiger charge is 2.23. The van der Waals surface area contributed by atoms with Crippen LogP contribution in [0.25, 0.3) is 10.1 Å². The van der Waals surface area contributed by atoms with Gasteiger partial charge in [-0.3, -0.25) is 8.75 Å². The van der Waals surface area contributed by atoms with Gasteiger partial charge in [0, 0.05) is 5.92 Å². The van der Waals surface area contributed by atoms with Gasteiger partial charge < -0.3 is 4.52 Å². The lowest BCUT2D eigenvalue weighted by atomic mass is 10.1. The van der Waals surface area contributed by atoms with Gasteiger partial charge in [-0.15, -0.1) is 0 Å². The number of fused-ring (bicyclic) bond motifs is 1. The van der Waals surface area contributed by atoms with Crippen molar-refractivity contribution in [2.24, 2.45) is 0 Å². The molecule has 5 nitrogen and oxygen atoms in total. The first-order valence-corrected chi connectivity index (χ1v) is 8.00. The van der Waals surface area contributed by atoms with Gasteiger partial charge in [0.25, 0.3) is 5.56 Å². The zero-order valence-electron chi connectivity index (χ0n) is 11.5. The van der Waals surface area contributed by atoms with Crippen LogP contribution in [0.4, 0.5) is 0 Å². The van der Waals surface area contributed by atoms with Crippen LogP contribution in [0, 0.1) is 0 Å². The van der Waals surface area contributed by atoms with Crippen molar-refractivity contribution in [3.05, 3.63) is 46.3 Å². The maximum Gasteiger partial charge on any atom is 0.268 e. The monoisotopic (exact) mass is 301 g/mol. The number of aromatic nitrogens is 3. The van der Waals surface area contributed by atoms with E-state index in [-0.39, 0.29) is 5.56 Å². The minimum atomic E-state index is 0.0165. The molecule has 0 amide bonds. The molecule has 0 aliphatic heterocycles. The highest BCUT2D eigenvalue weighted by Crippen LogP contribution is 2.32. The van der Waals surface area contributed by atoms with Gasteiger partial charge in [0.05, 0.1) is 10.1 Å². The Labute approximate surface area is 125 Å². The maximum atomic E-state index is 12.3. The lowest BCUT2D eigenvalue weighted by molar-refractivity contribution is 0.349. The van der Waals surface area contributed by atoms with E-state index >= 15 is 0 Å². The quantitative estimate of drug-likeness (QED) is 0.745. The molecule has 1 aromatic carbocycles. The maximum absolute atomic E-state index is 12.3. The highest BCUT2D eigenvalue weighted by atomic mass is 32.1. The smallest absolute Gasteiger partial charge is 0.268 e. The summed E-state index contributed by atoms with van der Waals surface area (Å²) >= 11 is 1.44. The molecule has 1 aliphatic carbocycles. The predicted molar refractivity (Wildman–Crippen MR) is 80.7 cm³/mol. The van der Waals surface area contributed by atoms with Gasteiger partial charge in [0.1, 0.15) is 6.54 Å². The first kappa shape index (κ1) is 12.8. The van der Waals surface area contributed by atoms with Gasteiger partial charge >= 0.3 is 0 Å².